The summed E-state index contributed by atoms with van der Waals surface area (Å²) in [4.78, 5) is 52.2. The number of aliphatic carboxylic acids is 1. The molecule has 2 N–H and O–H groups in total. The molecular formula is C31H29ClF2N6O5S. The normalized spacial score (nSPS) is 20.0. The molecule has 2 fully saturated rings. The number of methoxy groups -OCH3 is 1. The van der Waals surface area contributed by atoms with Gasteiger partial charge in [-0.2, -0.15) is 0 Å². The van der Waals surface area contributed by atoms with E-state index < -0.39 is 29.6 Å². The number of ether oxygens (including phenoxy) is 1. The largest absolute Gasteiger partial charge is 0.481 e. The molecule has 2 atom stereocenters. The number of carboxylic acid groups (broad SMARTS) is 1. The zero-order valence-electron chi connectivity index (χ0n) is 24.6. The second-order valence-corrected chi connectivity index (χ2v) is 12.4. The molecule has 2 aromatic carbocycles. The van der Waals surface area contributed by atoms with Crippen LogP contribution in [0.3, 0.4) is 0 Å². The standard InChI is InChI=1S/C31H29ClF2N6O5S/c1-45-30(43)26-24(36-28(29-35-6-9-46-29)37-27(26)22-4-3-18(33)13-23(22)32)16-38-7-8-39-21(14-38)15-40(31(39)44)20-11-17(2-5-25(41)42)10-19(34)12-20/h3-4,6,9-13,21,27H,2,5,7-8,14-16H2,1H3,(H,36,37)(H,41,42)/t21-,27-/m0/s1. The number of fused-ring (bicyclic) bond motifs is 1. The molecule has 0 radical (unpaired) electrons. The van der Waals surface area contributed by atoms with E-state index in [9.17, 15) is 23.2 Å². The number of nitrogens with zero attached hydrogens (tertiary/aromatic N) is 5. The van der Waals surface area contributed by atoms with Crippen molar-refractivity contribution in [3.05, 3.63) is 92.0 Å². The molecule has 46 heavy (non-hydrogen) atoms. The fourth-order valence-corrected chi connectivity index (χ4v) is 6.87. The molecule has 3 aliphatic heterocycles. The summed E-state index contributed by atoms with van der Waals surface area (Å²) in [6.45, 7) is 1.89. The van der Waals surface area contributed by atoms with Gasteiger partial charge in [0.2, 0.25) is 0 Å². The Bertz CT molecular complexity index is 1750. The predicted octanol–water partition coefficient (Wildman–Crippen LogP) is 4.24. The first-order valence-corrected chi connectivity index (χ1v) is 15.7. The quantitative estimate of drug-likeness (QED) is 0.324. The van der Waals surface area contributed by atoms with Crippen LogP contribution >= 0.6 is 22.9 Å². The van der Waals surface area contributed by atoms with Crippen molar-refractivity contribution in [2.24, 2.45) is 4.99 Å². The molecule has 3 aliphatic rings. The first-order valence-electron chi connectivity index (χ1n) is 14.4. The Balaban J connectivity index is 1.27. The van der Waals surface area contributed by atoms with Crippen LogP contribution in [0.5, 0.6) is 0 Å². The maximum absolute atomic E-state index is 14.5. The smallest absolute Gasteiger partial charge is 0.338 e. The summed E-state index contributed by atoms with van der Waals surface area (Å²) < 4.78 is 33.6. The number of aryl methyl sites for hydroxylation is 1. The molecule has 2 amide bonds. The number of amides is 2. The SMILES string of the molecule is COC(=O)C1=C(CN2CCN3C(=O)N(c4cc(F)cc(CCC(=O)O)c4)C[C@@H]3C2)NC(c2nccs2)=N[C@H]1c1ccc(F)cc1Cl. The van der Waals surface area contributed by atoms with Gasteiger partial charge in [0.05, 0.1) is 18.7 Å². The third-order valence-corrected chi connectivity index (χ3v) is 9.23. The highest BCUT2D eigenvalue weighted by Crippen LogP contribution is 2.37. The number of hydrogen-bond donors (Lipinski definition) is 2. The molecule has 15 heteroatoms. The van der Waals surface area contributed by atoms with Crippen LogP contribution in [-0.2, 0) is 20.7 Å². The fourth-order valence-electron chi connectivity index (χ4n) is 6.01. The molecule has 4 heterocycles. The monoisotopic (exact) mass is 670 g/mol. The summed E-state index contributed by atoms with van der Waals surface area (Å²) in [7, 11) is 1.27. The number of nitrogens with one attached hydrogen (secondary N) is 1. The van der Waals surface area contributed by atoms with Gasteiger partial charge in [0.25, 0.3) is 0 Å². The van der Waals surface area contributed by atoms with Gasteiger partial charge in [0.15, 0.2) is 10.8 Å². The van der Waals surface area contributed by atoms with Crippen LogP contribution in [0.15, 0.2) is 64.2 Å². The number of anilines is 1. The Morgan fingerprint density at radius 2 is 1.98 bits per heavy atom. The number of benzene rings is 2. The van der Waals surface area contributed by atoms with E-state index in [4.69, 9.17) is 26.4 Å². The Morgan fingerprint density at radius 3 is 2.70 bits per heavy atom. The second-order valence-electron chi connectivity index (χ2n) is 11.1. The van der Waals surface area contributed by atoms with E-state index in [0.29, 0.717) is 59.5 Å². The number of amidine groups is 1. The molecule has 0 unspecified atom stereocenters. The Labute approximate surface area is 271 Å². The lowest BCUT2D eigenvalue weighted by Crippen LogP contribution is -2.53. The molecule has 0 saturated carbocycles. The van der Waals surface area contributed by atoms with Gasteiger partial charge in [-0.15, -0.1) is 11.3 Å². The number of rotatable bonds is 9. The van der Waals surface area contributed by atoms with Crippen LogP contribution in [0.4, 0.5) is 19.3 Å². The second kappa shape index (κ2) is 13.1. The van der Waals surface area contributed by atoms with Crippen LogP contribution in [0.1, 0.15) is 28.6 Å². The van der Waals surface area contributed by atoms with Gasteiger partial charge in [0, 0.05) is 72.7 Å². The summed E-state index contributed by atoms with van der Waals surface area (Å²) in [5.41, 5.74) is 2.03. The van der Waals surface area contributed by atoms with Crippen molar-refractivity contribution in [1.29, 1.82) is 0 Å². The first kappa shape index (κ1) is 31.6. The van der Waals surface area contributed by atoms with Gasteiger partial charge in [0.1, 0.15) is 17.7 Å². The van der Waals surface area contributed by atoms with Crippen molar-refractivity contribution >= 4 is 52.4 Å². The third-order valence-electron chi connectivity index (χ3n) is 8.12. The van der Waals surface area contributed by atoms with Gasteiger partial charge < -0.3 is 20.1 Å². The number of thiazole rings is 1. The molecule has 240 valence electrons. The van der Waals surface area contributed by atoms with E-state index in [1.165, 1.54) is 53.7 Å². The Kier molecular flexibility index (Phi) is 9.02. The number of hydrogen-bond acceptors (Lipinski definition) is 9. The van der Waals surface area contributed by atoms with Crippen LogP contribution in [0, 0.1) is 11.6 Å². The van der Waals surface area contributed by atoms with Crippen molar-refractivity contribution in [2.75, 3.05) is 44.7 Å². The van der Waals surface area contributed by atoms with Crippen LogP contribution in [0.2, 0.25) is 5.02 Å². The minimum absolute atomic E-state index is 0.108. The predicted molar refractivity (Wildman–Crippen MR) is 167 cm³/mol. The van der Waals surface area contributed by atoms with E-state index in [-0.39, 0.29) is 42.1 Å². The summed E-state index contributed by atoms with van der Waals surface area (Å²) in [5.74, 6) is -2.26. The highest BCUT2D eigenvalue weighted by Gasteiger charge is 2.42. The summed E-state index contributed by atoms with van der Waals surface area (Å²) in [6.07, 6.45) is 1.63. The molecule has 1 aromatic heterocycles. The maximum atomic E-state index is 14.5. The van der Waals surface area contributed by atoms with Gasteiger partial charge in [-0.3, -0.25) is 19.6 Å². The zero-order valence-corrected chi connectivity index (χ0v) is 26.2. The number of carboxylic acids is 1. The Morgan fingerprint density at radius 1 is 1.15 bits per heavy atom. The lowest BCUT2D eigenvalue weighted by Gasteiger charge is -2.38. The highest BCUT2D eigenvalue weighted by atomic mass is 35.5. The summed E-state index contributed by atoms with van der Waals surface area (Å²) >= 11 is 7.82. The third kappa shape index (κ3) is 6.46. The maximum Gasteiger partial charge on any atom is 0.338 e. The number of piperazine rings is 1. The molecule has 3 aromatic rings. The van der Waals surface area contributed by atoms with Gasteiger partial charge >= 0.3 is 18.0 Å². The van der Waals surface area contributed by atoms with E-state index in [2.05, 4.69) is 15.2 Å². The number of aliphatic imine (C=N–C) groups is 1. The van der Waals surface area contributed by atoms with E-state index in [0.717, 1.165) is 0 Å². The van der Waals surface area contributed by atoms with Crippen molar-refractivity contribution in [2.45, 2.75) is 24.9 Å². The average molecular weight is 671 g/mol. The minimum atomic E-state index is -0.990. The lowest BCUT2D eigenvalue weighted by molar-refractivity contribution is -0.137. The molecule has 0 spiro atoms. The topological polar surface area (TPSA) is 128 Å². The van der Waals surface area contributed by atoms with Crippen molar-refractivity contribution < 1.29 is 33.0 Å². The molecule has 2 saturated heterocycles. The van der Waals surface area contributed by atoms with Crippen LogP contribution < -0.4 is 10.2 Å². The van der Waals surface area contributed by atoms with Gasteiger partial charge in [-0.25, -0.2) is 23.4 Å². The molecule has 0 bridgehead atoms. The number of carbonyl (C=O) groups is 3. The summed E-state index contributed by atoms with van der Waals surface area (Å²) in [6, 6.07) is 6.74. The van der Waals surface area contributed by atoms with Crippen molar-refractivity contribution in [3.8, 4) is 0 Å². The van der Waals surface area contributed by atoms with Gasteiger partial charge in [-0.05, 0) is 42.3 Å². The van der Waals surface area contributed by atoms with Crippen molar-refractivity contribution in [1.82, 2.24) is 20.1 Å². The number of urea groups is 1. The average Bonchev–Trinajstić information content (AvgIpc) is 3.68. The van der Waals surface area contributed by atoms with Crippen LogP contribution in [0.25, 0.3) is 0 Å². The molecule has 11 nitrogen and oxygen atoms in total. The lowest BCUT2D eigenvalue weighted by atomic mass is 9.95. The highest BCUT2D eigenvalue weighted by molar-refractivity contribution is 7.11. The molecular weight excluding hydrogens is 642 g/mol. The molecule has 6 rings (SSSR count). The van der Waals surface area contributed by atoms with E-state index >= 15 is 0 Å². The number of halogens is 3. The fraction of sp³-hybridized carbons (Fsp3) is 0.323. The number of esters is 1. The van der Waals surface area contributed by atoms with Crippen LogP contribution in [-0.4, -0.2) is 89.6 Å². The number of aromatic nitrogens is 1. The van der Waals surface area contributed by atoms with E-state index in [1.54, 1.807) is 22.5 Å². The molecule has 0 aliphatic carbocycles. The summed E-state index contributed by atoms with van der Waals surface area (Å²) in [5, 5.41) is 14.8. The van der Waals surface area contributed by atoms with Crippen molar-refractivity contribution in [3.63, 3.8) is 0 Å². The Hall–Kier alpha value is -4.40. The zero-order chi connectivity index (χ0) is 32.5. The minimum Gasteiger partial charge on any atom is -0.481 e. The van der Waals surface area contributed by atoms with E-state index in [1.807, 2.05) is 0 Å². The van der Waals surface area contributed by atoms with Gasteiger partial charge in [-0.1, -0.05) is 17.7 Å². The number of carbonyl (C=O) groups excluding carboxylic acids is 2. The first-order chi connectivity index (χ1) is 22.1.